The minimum Gasteiger partial charge on any atom is -0.477 e. The molecule has 20 heavy (non-hydrogen) atoms. The molecule has 4 heteroatoms. The molecule has 0 atom stereocenters. The van der Waals surface area contributed by atoms with E-state index in [9.17, 15) is 4.79 Å². The Bertz CT molecular complexity index is 474. The van der Waals surface area contributed by atoms with Crippen LogP contribution < -0.4 is 5.32 Å². The van der Waals surface area contributed by atoms with Gasteiger partial charge in [-0.25, -0.2) is 4.79 Å². The summed E-state index contributed by atoms with van der Waals surface area (Å²) in [6.45, 7) is 10.1. The first-order valence-corrected chi connectivity index (χ1v) is 8.04. The molecule has 0 aromatic carbocycles. The van der Waals surface area contributed by atoms with E-state index in [1.54, 1.807) is 6.07 Å². The Balaban J connectivity index is 1.94. The number of hydrogen-bond acceptors (Lipinski definition) is 3. The molecule has 1 fully saturated rings. The van der Waals surface area contributed by atoms with Crippen molar-refractivity contribution in [3.63, 3.8) is 0 Å². The van der Waals surface area contributed by atoms with Gasteiger partial charge in [-0.1, -0.05) is 27.7 Å². The molecule has 0 bridgehead atoms. The van der Waals surface area contributed by atoms with Gasteiger partial charge in [-0.3, -0.25) is 0 Å². The number of nitrogens with one attached hydrogen (secondary N) is 1. The molecule has 0 aliphatic heterocycles. The lowest BCUT2D eigenvalue weighted by Gasteiger charge is -2.45. The van der Waals surface area contributed by atoms with E-state index in [0.717, 1.165) is 11.4 Å². The normalized spacial score (nSPS) is 21.8. The van der Waals surface area contributed by atoms with Crippen molar-refractivity contribution in [2.75, 3.05) is 0 Å². The maximum Gasteiger partial charge on any atom is 0.345 e. The van der Waals surface area contributed by atoms with Gasteiger partial charge in [0.05, 0.1) is 0 Å². The highest BCUT2D eigenvalue weighted by Gasteiger charge is 2.38. The molecule has 112 valence electrons. The van der Waals surface area contributed by atoms with E-state index in [4.69, 9.17) is 5.11 Å². The number of carbonyl (C=O) groups is 1. The van der Waals surface area contributed by atoms with E-state index < -0.39 is 5.97 Å². The fraction of sp³-hybridized carbons (Fsp3) is 0.688. The van der Waals surface area contributed by atoms with Gasteiger partial charge in [-0.15, -0.1) is 11.3 Å². The van der Waals surface area contributed by atoms with Crippen molar-refractivity contribution in [3.8, 4) is 0 Å². The number of carboxylic acids is 1. The van der Waals surface area contributed by atoms with Crippen LogP contribution in [0.25, 0.3) is 0 Å². The second-order valence-electron chi connectivity index (χ2n) is 7.56. The SMILES string of the molecule is CC1(C)CC(NCc2ccc(C(=O)O)s2)CC(C)(C)C1. The number of rotatable bonds is 4. The molecule has 1 aliphatic rings. The van der Waals surface area contributed by atoms with Gasteiger partial charge in [0.25, 0.3) is 0 Å². The molecule has 1 saturated carbocycles. The average Bonchev–Trinajstić information content (AvgIpc) is 2.70. The molecule has 2 N–H and O–H groups in total. The second kappa shape index (κ2) is 5.49. The predicted octanol–water partition coefficient (Wildman–Crippen LogP) is 4.14. The molecule has 1 aromatic heterocycles. The van der Waals surface area contributed by atoms with Crippen LogP contribution in [0.4, 0.5) is 0 Å². The van der Waals surface area contributed by atoms with Gasteiger partial charge in [-0.2, -0.15) is 0 Å². The maximum atomic E-state index is 10.9. The smallest absolute Gasteiger partial charge is 0.345 e. The maximum absolute atomic E-state index is 10.9. The Kier molecular flexibility index (Phi) is 4.26. The molecule has 1 aliphatic carbocycles. The Labute approximate surface area is 125 Å². The molecule has 2 rings (SSSR count). The molecular formula is C16H25NO2S. The van der Waals surface area contributed by atoms with Crippen LogP contribution in [0.5, 0.6) is 0 Å². The van der Waals surface area contributed by atoms with Gasteiger partial charge in [0.1, 0.15) is 4.88 Å². The van der Waals surface area contributed by atoms with Crippen molar-refractivity contribution in [3.05, 3.63) is 21.9 Å². The van der Waals surface area contributed by atoms with E-state index in [1.807, 2.05) is 6.07 Å². The fourth-order valence-electron chi connectivity index (χ4n) is 3.82. The lowest BCUT2D eigenvalue weighted by atomic mass is 9.63. The lowest BCUT2D eigenvalue weighted by molar-refractivity contribution is 0.0702. The third-order valence-electron chi connectivity index (χ3n) is 3.99. The molecule has 1 heterocycles. The van der Waals surface area contributed by atoms with E-state index in [2.05, 4.69) is 33.0 Å². The second-order valence-corrected chi connectivity index (χ2v) is 8.73. The molecule has 0 spiro atoms. The zero-order valence-electron chi connectivity index (χ0n) is 12.8. The summed E-state index contributed by atoms with van der Waals surface area (Å²) in [6, 6.07) is 4.13. The molecule has 3 nitrogen and oxygen atoms in total. The Hall–Kier alpha value is -0.870. The molecule has 0 unspecified atom stereocenters. The quantitative estimate of drug-likeness (QED) is 0.877. The van der Waals surface area contributed by atoms with E-state index in [1.165, 1.54) is 30.6 Å². The zero-order valence-corrected chi connectivity index (χ0v) is 13.6. The first kappa shape index (κ1) is 15.5. The summed E-state index contributed by atoms with van der Waals surface area (Å²) in [5, 5.41) is 12.6. The largest absolute Gasteiger partial charge is 0.477 e. The Morgan fingerprint density at radius 1 is 1.30 bits per heavy atom. The molecule has 0 saturated heterocycles. The third kappa shape index (κ3) is 4.06. The van der Waals surface area contributed by atoms with Crippen LogP contribution in [0.3, 0.4) is 0 Å². The molecule has 0 amide bonds. The fourth-order valence-corrected chi connectivity index (χ4v) is 4.62. The van der Waals surface area contributed by atoms with E-state index in [-0.39, 0.29) is 0 Å². The number of hydrogen-bond donors (Lipinski definition) is 2. The summed E-state index contributed by atoms with van der Waals surface area (Å²) in [7, 11) is 0. The van der Waals surface area contributed by atoms with Gasteiger partial charge in [0.2, 0.25) is 0 Å². The number of aromatic carboxylic acids is 1. The summed E-state index contributed by atoms with van der Waals surface area (Å²) < 4.78 is 0. The monoisotopic (exact) mass is 295 g/mol. The molecule has 1 aromatic rings. The zero-order chi connectivity index (χ0) is 15.0. The van der Waals surface area contributed by atoms with Crippen LogP contribution in [-0.2, 0) is 6.54 Å². The summed E-state index contributed by atoms with van der Waals surface area (Å²) in [4.78, 5) is 12.4. The van der Waals surface area contributed by atoms with Gasteiger partial charge in [0, 0.05) is 17.5 Å². The first-order chi connectivity index (χ1) is 9.17. The van der Waals surface area contributed by atoms with E-state index >= 15 is 0 Å². The topological polar surface area (TPSA) is 49.3 Å². The van der Waals surface area contributed by atoms with Crippen LogP contribution >= 0.6 is 11.3 Å². The van der Waals surface area contributed by atoms with Crippen molar-refractivity contribution in [1.29, 1.82) is 0 Å². The third-order valence-corrected chi connectivity index (χ3v) is 5.07. The van der Waals surface area contributed by atoms with Crippen molar-refractivity contribution >= 4 is 17.3 Å². The number of carboxylic acid groups (broad SMARTS) is 1. The van der Waals surface area contributed by atoms with E-state index in [0.29, 0.717) is 21.7 Å². The number of thiophene rings is 1. The van der Waals surface area contributed by atoms with Crippen LogP contribution in [0.1, 0.15) is 61.5 Å². The van der Waals surface area contributed by atoms with Gasteiger partial charge in [-0.05, 0) is 42.2 Å². The summed E-state index contributed by atoms with van der Waals surface area (Å²) in [5.74, 6) is -0.832. The Morgan fingerprint density at radius 3 is 2.40 bits per heavy atom. The van der Waals surface area contributed by atoms with Gasteiger partial charge in [0.15, 0.2) is 0 Å². The lowest BCUT2D eigenvalue weighted by Crippen LogP contribution is -2.43. The highest BCUT2D eigenvalue weighted by Crippen LogP contribution is 2.45. The van der Waals surface area contributed by atoms with Crippen LogP contribution in [0, 0.1) is 10.8 Å². The average molecular weight is 295 g/mol. The predicted molar refractivity (Wildman–Crippen MR) is 83.3 cm³/mol. The van der Waals surface area contributed by atoms with Crippen LogP contribution in [0.2, 0.25) is 0 Å². The summed E-state index contributed by atoms with van der Waals surface area (Å²) >= 11 is 1.37. The standard InChI is InChI=1S/C16H25NO2S/c1-15(2)7-11(8-16(3,4)10-15)17-9-12-5-6-13(20-12)14(18)19/h5-6,11,17H,7-10H2,1-4H3,(H,18,19). The van der Waals surface area contributed by atoms with Crippen molar-refractivity contribution in [2.24, 2.45) is 10.8 Å². The highest BCUT2D eigenvalue weighted by molar-refractivity contribution is 7.13. The molecular weight excluding hydrogens is 270 g/mol. The molecule has 0 radical (unpaired) electrons. The van der Waals surface area contributed by atoms with Gasteiger partial charge >= 0.3 is 5.97 Å². The first-order valence-electron chi connectivity index (χ1n) is 7.22. The minimum atomic E-state index is -0.832. The highest BCUT2D eigenvalue weighted by atomic mass is 32.1. The van der Waals surface area contributed by atoms with Crippen molar-refractivity contribution in [2.45, 2.75) is 59.5 Å². The summed E-state index contributed by atoms with van der Waals surface area (Å²) in [5.41, 5.74) is 0.752. The van der Waals surface area contributed by atoms with Gasteiger partial charge < -0.3 is 10.4 Å². The van der Waals surface area contributed by atoms with Crippen LogP contribution in [-0.4, -0.2) is 17.1 Å². The minimum absolute atomic E-state index is 0.376. The van der Waals surface area contributed by atoms with Crippen molar-refractivity contribution < 1.29 is 9.90 Å². The summed E-state index contributed by atoms with van der Waals surface area (Å²) in [6.07, 6.45) is 3.64. The Morgan fingerprint density at radius 2 is 1.90 bits per heavy atom. The van der Waals surface area contributed by atoms with Crippen molar-refractivity contribution in [1.82, 2.24) is 5.32 Å². The van der Waals surface area contributed by atoms with Crippen LogP contribution in [0.15, 0.2) is 12.1 Å².